The summed E-state index contributed by atoms with van der Waals surface area (Å²) in [6.07, 6.45) is 0. The third kappa shape index (κ3) is 5.28. The Morgan fingerprint density at radius 1 is 0.200 bits per heavy atom. The van der Waals surface area contributed by atoms with E-state index in [2.05, 4.69) is 240 Å². The van der Waals surface area contributed by atoms with Crippen LogP contribution >= 0.6 is 0 Å². The second-order valence-corrected chi connectivity index (χ2v) is 15.6. The molecule has 60 heavy (non-hydrogen) atoms. The summed E-state index contributed by atoms with van der Waals surface area (Å²) in [6, 6.07) is 84.4. The number of rotatable bonds is 6. The molecule has 2 nitrogen and oxygen atoms in total. The molecular formula is C58H38N2. The minimum Gasteiger partial charge on any atom is -0.309 e. The smallest absolute Gasteiger partial charge is 0.0541 e. The molecule has 0 amide bonds. The van der Waals surface area contributed by atoms with Gasteiger partial charge in [-0.3, -0.25) is 0 Å². The average Bonchev–Trinajstić information content (AvgIpc) is 3.84. The maximum absolute atomic E-state index is 2.43. The van der Waals surface area contributed by atoms with E-state index in [0.29, 0.717) is 0 Å². The zero-order chi connectivity index (χ0) is 39.6. The summed E-state index contributed by atoms with van der Waals surface area (Å²) in [6.45, 7) is 0. The fourth-order valence-electron chi connectivity index (χ4n) is 9.83. The molecule has 0 aliphatic carbocycles. The van der Waals surface area contributed by atoms with E-state index in [1.165, 1.54) is 87.8 Å². The summed E-state index contributed by atoms with van der Waals surface area (Å²) in [7, 11) is 0. The molecule has 2 heterocycles. The average molecular weight is 763 g/mol. The first-order chi connectivity index (χ1) is 29.8. The highest BCUT2D eigenvalue weighted by molar-refractivity contribution is 6.19. The van der Waals surface area contributed by atoms with Gasteiger partial charge in [0.25, 0.3) is 0 Å². The van der Waals surface area contributed by atoms with E-state index in [0.717, 1.165) is 22.5 Å². The fourth-order valence-corrected chi connectivity index (χ4v) is 9.83. The van der Waals surface area contributed by atoms with E-state index in [1.54, 1.807) is 0 Å². The van der Waals surface area contributed by atoms with Gasteiger partial charge in [0.1, 0.15) is 0 Å². The summed E-state index contributed by atoms with van der Waals surface area (Å²) in [5, 5.41) is 7.46. The van der Waals surface area contributed by atoms with Crippen LogP contribution in [0.1, 0.15) is 0 Å². The molecule has 280 valence electrons. The number of hydrogen-bond acceptors (Lipinski definition) is 0. The molecular weight excluding hydrogens is 725 g/mol. The minimum absolute atomic E-state index is 1.13. The Labute approximate surface area is 348 Å². The lowest BCUT2D eigenvalue weighted by molar-refractivity contribution is 1.18. The number of para-hydroxylation sites is 4. The molecule has 0 atom stereocenters. The second-order valence-electron chi connectivity index (χ2n) is 15.6. The summed E-state index contributed by atoms with van der Waals surface area (Å²) in [5.74, 6) is 0. The molecule has 10 aromatic carbocycles. The molecule has 0 aliphatic rings. The van der Waals surface area contributed by atoms with Gasteiger partial charge >= 0.3 is 0 Å². The predicted molar refractivity (Wildman–Crippen MR) is 254 cm³/mol. The monoisotopic (exact) mass is 762 g/mol. The molecule has 0 aliphatic heterocycles. The summed E-state index contributed by atoms with van der Waals surface area (Å²) >= 11 is 0. The molecule has 0 N–H and O–H groups in total. The van der Waals surface area contributed by atoms with Crippen molar-refractivity contribution in [3.05, 3.63) is 231 Å². The Morgan fingerprint density at radius 3 is 0.833 bits per heavy atom. The second kappa shape index (κ2) is 13.9. The number of nitrogens with zero attached hydrogens (tertiary/aromatic N) is 2. The highest BCUT2D eigenvalue weighted by Crippen LogP contribution is 2.51. The lowest BCUT2D eigenvalue weighted by Gasteiger charge is -2.25. The summed E-state index contributed by atoms with van der Waals surface area (Å²) in [5.41, 5.74) is 16.6. The van der Waals surface area contributed by atoms with E-state index in [1.807, 2.05) is 0 Å². The van der Waals surface area contributed by atoms with Gasteiger partial charge < -0.3 is 9.13 Å². The standard InChI is InChI=1S/C58H38N2/c1-3-19-39(20-4-1)55-49-31-7-8-32-50(49)56(40-21-5-2-6-22-40)58(42-24-18-26-44(38-42)60-53-35-15-11-29-47(53)48-30-12-16-36-54(48)60)57(55)41-23-17-25-43(37-41)59-51-33-13-9-27-45(51)46-28-10-14-34-52(46)59/h1-38H. The normalized spacial score (nSPS) is 11.7. The van der Waals surface area contributed by atoms with Crippen molar-refractivity contribution in [1.82, 2.24) is 9.13 Å². The van der Waals surface area contributed by atoms with Crippen LogP contribution in [0.3, 0.4) is 0 Å². The van der Waals surface area contributed by atoms with E-state index < -0.39 is 0 Å². The molecule has 0 saturated heterocycles. The van der Waals surface area contributed by atoms with Crippen molar-refractivity contribution in [3.63, 3.8) is 0 Å². The van der Waals surface area contributed by atoms with Gasteiger partial charge in [-0.05, 0) is 104 Å². The minimum atomic E-state index is 1.13. The van der Waals surface area contributed by atoms with Gasteiger partial charge in [0.05, 0.1) is 22.1 Å². The summed E-state index contributed by atoms with van der Waals surface area (Å²) < 4.78 is 4.86. The Balaban J connectivity index is 1.22. The van der Waals surface area contributed by atoms with Crippen LogP contribution in [-0.2, 0) is 0 Å². The van der Waals surface area contributed by atoms with Crippen molar-refractivity contribution in [1.29, 1.82) is 0 Å². The van der Waals surface area contributed by atoms with Gasteiger partial charge in [0.2, 0.25) is 0 Å². The highest BCUT2D eigenvalue weighted by Gasteiger charge is 2.25. The quantitative estimate of drug-likeness (QED) is 0.160. The van der Waals surface area contributed by atoms with Crippen molar-refractivity contribution in [3.8, 4) is 55.9 Å². The van der Waals surface area contributed by atoms with E-state index in [9.17, 15) is 0 Å². The van der Waals surface area contributed by atoms with Crippen molar-refractivity contribution in [2.24, 2.45) is 0 Å². The molecule has 0 fully saturated rings. The van der Waals surface area contributed by atoms with Crippen LogP contribution in [0, 0.1) is 0 Å². The maximum atomic E-state index is 2.43. The molecule has 2 aromatic heterocycles. The Morgan fingerprint density at radius 2 is 0.483 bits per heavy atom. The largest absolute Gasteiger partial charge is 0.309 e. The first-order valence-corrected chi connectivity index (χ1v) is 20.7. The molecule has 0 bridgehead atoms. The van der Waals surface area contributed by atoms with Crippen LogP contribution in [-0.4, -0.2) is 9.13 Å². The van der Waals surface area contributed by atoms with Crippen molar-refractivity contribution >= 4 is 54.4 Å². The third-order valence-electron chi connectivity index (χ3n) is 12.3. The lowest BCUT2D eigenvalue weighted by atomic mass is 9.79. The van der Waals surface area contributed by atoms with E-state index in [4.69, 9.17) is 0 Å². The first-order valence-electron chi connectivity index (χ1n) is 20.7. The van der Waals surface area contributed by atoms with Gasteiger partial charge in [-0.1, -0.05) is 182 Å². The zero-order valence-corrected chi connectivity index (χ0v) is 32.8. The maximum Gasteiger partial charge on any atom is 0.0541 e. The zero-order valence-electron chi connectivity index (χ0n) is 32.8. The van der Waals surface area contributed by atoms with Crippen LogP contribution in [0.2, 0.25) is 0 Å². The first kappa shape index (κ1) is 34.1. The molecule has 0 radical (unpaired) electrons. The van der Waals surface area contributed by atoms with E-state index in [-0.39, 0.29) is 0 Å². The van der Waals surface area contributed by atoms with Gasteiger partial charge in [-0.2, -0.15) is 0 Å². The molecule has 2 heteroatoms. The van der Waals surface area contributed by atoms with Gasteiger partial charge in [0.15, 0.2) is 0 Å². The van der Waals surface area contributed by atoms with Gasteiger partial charge in [0, 0.05) is 32.9 Å². The molecule has 12 aromatic rings. The van der Waals surface area contributed by atoms with Crippen LogP contribution in [0.15, 0.2) is 231 Å². The molecule has 0 unspecified atom stereocenters. The van der Waals surface area contributed by atoms with Crippen LogP contribution in [0.5, 0.6) is 0 Å². The van der Waals surface area contributed by atoms with Crippen LogP contribution in [0.25, 0.3) is 110 Å². The molecule has 0 saturated carbocycles. The summed E-state index contributed by atoms with van der Waals surface area (Å²) in [4.78, 5) is 0. The van der Waals surface area contributed by atoms with Crippen molar-refractivity contribution < 1.29 is 0 Å². The molecule has 12 rings (SSSR count). The Hall–Kier alpha value is -7.94. The van der Waals surface area contributed by atoms with Crippen molar-refractivity contribution in [2.75, 3.05) is 0 Å². The van der Waals surface area contributed by atoms with Crippen molar-refractivity contribution in [2.45, 2.75) is 0 Å². The number of aromatic nitrogens is 2. The van der Waals surface area contributed by atoms with Gasteiger partial charge in [-0.25, -0.2) is 0 Å². The predicted octanol–water partition coefficient (Wildman–Crippen LogP) is 15.7. The van der Waals surface area contributed by atoms with Crippen LogP contribution < -0.4 is 0 Å². The Bertz CT molecular complexity index is 3240. The van der Waals surface area contributed by atoms with Crippen LogP contribution in [0.4, 0.5) is 0 Å². The highest BCUT2D eigenvalue weighted by atomic mass is 15.0. The van der Waals surface area contributed by atoms with Gasteiger partial charge in [-0.15, -0.1) is 0 Å². The number of benzene rings is 10. The Kier molecular flexibility index (Phi) is 7.89. The van der Waals surface area contributed by atoms with E-state index >= 15 is 0 Å². The topological polar surface area (TPSA) is 9.86 Å². The number of hydrogen-bond donors (Lipinski definition) is 0. The lowest BCUT2D eigenvalue weighted by Crippen LogP contribution is -2.00. The molecule has 0 spiro atoms. The SMILES string of the molecule is c1ccc(-c2c(-c3cccc(-n4c5ccccc5c5ccccc54)c3)c(-c3cccc(-n4c5ccccc5c5ccccc54)c3)c(-c3ccccc3)c3ccccc23)cc1. The third-order valence-corrected chi connectivity index (χ3v) is 12.3. The number of fused-ring (bicyclic) bond motifs is 7. The fraction of sp³-hybridized carbons (Fsp3) is 0.